The van der Waals surface area contributed by atoms with Gasteiger partial charge in [0.1, 0.15) is 11.3 Å². The van der Waals surface area contributed by atoms with E-state index in [4.69, 9.17) is 9.84 Å². The molecule has 0 unspecified atom stereocenters. The molecule has 15 heavy (non-hydrogen) atoms. The van der Waals surface area contributed by atoms with Crippen LogP contribution in [-0.2, 0) is 0 Å². The zero-order valence-electron chi connectivity index (χ0n) is 8.98. The third kappa shape index (κ3) is 3.16. The van der Waals surface area contributed by atoms with Crippen LogP contribution in [0, 0.1) is 0 Å². The first kappa shape index (κ1) is 11.9. The minimum atomic E-state index is -0.960. The second-order valence-electron chi connectivity index (χ2n) is 3.33. The molecule has 0 saturated carbocycles. The van der Waals surface area contributed by atoms with Gasteiger partial charge in [-0.1, -0.05) is 13.8 Å². The summed E-state index contributed by atoms with van der Waals surface area (Å²) in [6, 6.07) is 5.20. The summed E-state index contributed by atoms with van der Waals surface area (Å²) < 4.78 is 4.98. The molecule has 0 heterocycles. The van der Waals surface area contributed by atoms with Crippen molar-refractivity contribution in [2.24, 2.45) is 0 Å². The molecule has 1 aromatic carbocycles. The first-order chi connectivity index (χ1) is 7.04. The summed E-state index contributed by atoms with van der Waals surface area (Å²) in [5, 5.41) is 9.40. The number of methoxy groups -OCH3 is 1. The maximum atomic E-state index is 10.9. The Morgan fingerprint density at radius 1 is 1.47 bits per heavy atom. The van der Waals surface area contributed by atoms with E-state index in [-0.39, 0.29) is 5.56 Å². The van der Waals surface area contributed by atoms with E-state index < -0.39 is 5.97 Å². The first-order valence-corrected chi connectivity index (χ1v) is 5.50. The van der Waals surface area contributed by atoms with Crippen LogP contribution < -0.4 is 4.74 Å². The standard InChI is InChI=1S/C11H14O3S/c1-7(2)15-8-4-5-10(14-3)9(6-8)11(12)13/h4-7H,1-3H3,(H,12,13). The topological polar surface area (TPSA) is 46.5 Å². The van der Waals surface area contributed by atoms with E-state index in [1.165, 1.54) is 7.11 Å². The van der Waals surface area contributed by atoms with Gasteiger partial charge in [0.05, 0.1) is 7.11 Å². The van der Waals surface area contributed by atoms with Crippen molar-refractivity contribution in [1.82, 2.24) is 0 Å². The molecule has 0 aromatic heterocycles. The quantitative estimate of drug-likeness (QED) is 0.802. The highest BCUT2D eigenvalue weighted by molar-refractivity contribution is 7.99. The third-order valence-electron chi connectivity index (χ3n) is 1.77. The number of ether oxygens (including phenoxy) is 1. The van der Waals surface area contributed by atoms with E-state index in [1.54, 1.807) is 23.9 Å². The van der Waals surface area contributed by atoms with Crippen LogP contribution >= 0.6 is 11.8 Å². The van der Waals surface area contributed by atoms with Crippen LogP contribution in [0.25, 0.3) is 0 Å². The lowest BCUT2D eigenvalue weighted by molar-refractivity contribution is 0.0693. The Kier molecular flexibility index (Phi) is 4.03. The van der Waals surface area contributed by atoms with Gasteiger partial charge in [-0.2, -0.15) is 0 Å². The number of rotatable bonds is 4. The number of carboxylic acids is 1. The SMILES string of the molecule is COc1ccc(SC(C)C)cc1C(=O)O. The van der Waals surface area contributed by atoms with Crippen molar-refractivity contribution >= 4 is 17.7 Å². The fourth-order valence-corrected chi connectivity index (χ4v) is 2.08. The van der Waals surface area contributed by atoms with E-state index in [9.17, 15) is 4.79 Å². The van der Waals surface area contributed by atoms with E-state index >= 15 is 0 Å². The van der Waals surface area contributed by atoms with Gasteiger partial charge in [0.25, 0.3) is 0 Å². The minimum absolute atomic E-state index is 0.211. The molecule has 0 aliphatic heterocycles. The summed E-state index contributed by atoms with van der Waals surface area (Å²) in [7, 11) is 1.47. The van der Waals surface area contributed by atoms with Gasteiger partial charge >= 0.3 is 5.97 Å². The molecular weight excluding hydrogens is 212 g/mol. The van der Waals surface area contributed by atoms with Gasteiger partial charge in [-0.05, 0) is 18.2 Å². The van der Waals surface area contributed by atoms with Crippen LogP contribution in [-0.4, -0.2) is 23.4 Å². The van der Waals surface area contributed by atoms with Crippen LogP contribution in [0.15, 0.2) is 23.1 Å². The zero-order valence-corrected chi connectivity index (χ0v) is 9.80. The molecule has 0 aliphatic rings. The number of thioether (sulfide) groups is 1. The maximum absolute atomic E-state index is 10.9. The van der Waals surface area contributed by atoms with Gasteiger partial charge in [-0.15, -0.1) is 11.8 Å². The van der Waals surface area contributed by atoms with E-state index in [2.05, 4.69) is 13.8 Å². The summed E-state index contributed by atoms with van der Waals surface area (Å²) >= 11 is 1.63. The second kappa shape index (κ2) is 5.07. The molecule has 82 valence electrons. The van der Waals surface area contributed by atoms with Crippen molar-refractivity contribution < 1.29 is 14.6 Å². The second-order valence-corrected chi connectivity index (χ2v) is 4.98. The van der Waals surface area contributed by atoms with Gasteiger partial charge in [0.2, 0.25) is 0 Å². The average molecular weight is 226 g/mol. The molecule has 4 heteroatoms. The third-order valence-corrected chi connectivity index (χ3v) is 2.77. The van der Waals surface area contributed by atoms with Crippen molar-refractivity contribution in [3.63, 3.8) is 0 Å². The Morgan fingerprint density at radius 2 is 2.13 bits per heavy atom. The van der Waals surface area contributed by atoms with Gasteiger partial charge < -0.3 is 9.84 Å². The Morgan fingerprint density at radius 3 is 2.60 bits per heavy atom. The molecule has 0 spiro atoms. The number of carbonyl (C=O) groups is 1. The number of hydrogen-bond donors (Lipinski definition) is 1. The van der Waals surface area contributed by atoms with E-state index in [0.717, 1.165) is 4.90 Å². The van der Waals surface area contributed by atoms with Crippen molar-refractivity contribution in [1.29, 1.82) is 0 Å². The van der Waals surface area contributed by atoms with Crippen molar-refractivity contribution in [2.75, 3.05) is 7.11 Å². The highest BCUT2D eigenvalue weighted by Gasteiger charge is 2.12. The fourth-order valence-electron chi connectivity index (χ4n) is 1.20. The van der Waals surface area contributed by atoms with Crippen molar-refractivity contribution in [3.8, 4) is 5.75 Å². The first-order valence-electron chi connectivity index (χ1n) is 4.62. The van der Waals surface area contributed by atoms with Crippen LogP contribution in [0.1, 0.15) is 24.2 Å². The monoisotopic (exact) mass is 226 g/mol. The van der Waals surface area contributed by atoms with Gasteiger partial charge in [-0.3, -0.25) is 0 Å². The van der Waals surface area contributed by atoms with Crippen LogP contribution in [0.4, 0.5) is 0 Å². The van der Waals surface area contributed by atoms with Crippen molar-refractivity contribution in [2.45, 2.75) is 24.0 Å². The summed E-state index contributed by atoms with van der Waals surface area (Å²) in [5.74, 6) is -0.561. The molecule has 0 bridgehead atoms. The van der Waals surface area contributed by atoms with Crippen LogP contribution in [0.3, 0.4) is 0 Å². The maximum Gasteiger partial charge on any atom is 0.339 e. The van der Waals surface area contributed by atoms with Crippen LogP contribution in [0.5, 0.6) is 5.75 Å². The van der Waals surface area contributed by atoms with E-state index in [1.807, 2.05) is 6.07 Å². The molecule has 0 radical (unpaired) electrons. The zero-order chi connectivity index (χ0) is 11.4. The molecule has 1 N–H and O–H groups in total. The lowest BCUT2D eigenvalue weighted by Gasteiger charge is -2.08. The number of hydrogen-bond acceptors (Lipinski definition) is 3. The summed E-state index contributed by atoms with van der Waals surface area (Å²) in [6.45, 7) is 4.13. The lowest BCUT2D eigenvalue weighted by Crippen LogP contribution is -2.00. The Hall–Kier alpha value is -1.16. The minimum Gasteiger partial charge on any atom is -0.496 e. The fraction of sp³-hybridized carbons (Fsp3) is 0.364. The molecule has 3 nitrogen and oxygen atoms in total. The number of benzene rings is 1. The molecule has 0 fully saturated rings. The summed E-state index contributed by atoms with van der Waals surface area (Å²) in [6.07, 6.45) is 0. The molecule has 0 saturated heterocycles. The molecule has 0 atom stereocenters. The number of aromatic carboxylic acids is 1. The lowest BCUT2D eigenvalue weighted by atomic mass is 10.2. The molecule has 1 rings (SSSR count). The highest BCUT2D eigenvalue weighted by Crippen LogP contribution is 2.28. The highest BCUT2D eigenvalue weighted by atomic mass is 32.2. The van der Waals surface area contributed by atoms with Gasteiger partial charge in [0, 0.05) is 10.1 Å². The Balaban J connectivity index is 3.05. The Labute approximate surface area is 93.4 Å². The summed E-state index contributed by atoms with van der Waals surface area (Å²) in [4.78, 5) is 11.9. The predicted octanol–water partition coefficient (Wildman–Crippen LogP) is 2.89. The molecular formula is C11H14O3S. The molecule has 0 amide bonds. The smallest absolute Gasteiger partial charge is 0.339 e. The predicted molar refractivity (Wildman–Crippen MR) is 60.9 cm³/mol. The normalized spacial score (nSPS) is 10.4. The largest absolute Gasteiger partial charge is 0.496 e. The average Bonchev–Trinajstić information content (AvgIpc) is 2.16. The Bertz CT molecular complexity index is 361. The van der Waals surface area contributed by atoms with Crippen LogP contribution in [0.2, 0.25) is 0 Å². The number of carboxylic acid groups (broad SMARTS) is 1. The van der Waals surface area contributed by atoms with Crippen molar-refractivity contribution in [3.05, 3.63) is 23.8 Å². The molecule has 1 aromatic rings. The summed E-state index contributed by atoms with van der Waals surface area (Å²) in [5.41, 5.74) is 0.211. The molecule has 0 aliphatic carbocycles. The van der Waals surface area contributed by atoms with Gasteiger partial charge in [0.15, 0.2) is 0 Å². The van der Waals surface area contributed by atoms with Gasteiger partial charge in [-0.25, -0.2) is 4.79 Å². The van der Waals surface area contributed by atoms with E-state index in [0.29, 0.717) is 11.0 Å².